The van der Waals surface area contributed by atoms with Crippen LogP contribution in [0.2, 0.25) is 5.02 Å². The minimum atomic E-state index is -4.95. The molecule has 186 valence electrons. The van der Waals surface area contributed by atoms with E-state index in [-0.39, 0.29) is 31.0 Å². The number of carbonyl (C=O) groups excluding carboxylic acids is 2. The number of primary amides is 1. The molecule has 3 aliphatic rings. The molecule has 4 rings (SSSR count). The molecule has 1 aromatic rings. The first kappa shape index (κ1) is 24.5. The van der Waals surface area contributed by atoms with Crippen molar-refractivity contribution in [2.24, 2.45) is 11.7 Å². The summed E-state index contributed by atoms with van der Waals surface area (Å²) in [6, 6.07) is 1.01. The Morgan fingerprint density at radius 2 is 1.85 bits per heavy atom. The normalized spacial score (nSPS) is 21.3. The van der Waals surface area contributed by atoms with E-state index in [1.54, 1.807) is 22.8 Å². The Morgan fingerprint density at radius 3 is 2.38 bits per heavy atom. The van der Waals surface area contributed by atoms with Crippen LogP contribution in [0, 0.1) is 19.8 Å². The molecule has 2 N–H and O–H groups in total. The number of alkyl halides is 3. The third kappa shape index (κ3) is 4.28. The van der Waals surface area contributed by atoms with Gasteiger partial charge in [0.1, 0.15) is 5.70 Å². The van der Waals surface area contributed by atoms with E-state index in [1.807, 2.05) is 19.9 Å². The van der Waals surface area contributed by atoms with Crippen LogP contribution >= 0.6 is 11.6 Å². The molecule has 1 saturated heterocycles. The van der Waals surface area contributed by atoms with Gasteiger partial charge < -0.3 is 25.2 Å². The zero-order valence-electron chi connectivity index (χ0n) is 19.3. The van der Waals surface area contributed by atoms with Crippen molar-refractivity contribution >= 4 is 29.2 Å². The van der Waals surface area contributed by atoms with Gasteiger partial charge in [-0.05, 0) is 56.2 Å². The first-order valence-corrected chi connectivity index (χ1v) is 11.7. The molecule has 11 heteroatoms. The predicted octanol–water partition coefficient (Wildman–Crippen LogP) is 3.67. The fraction of sp³-hybridized carbons (Fsp3) is 0.565. The standard InChI is InChI=1S/C23H28ClF3N4O3/c1-4-16-18(21(33)34-11-14-5-6-14)30-8-7-29(17-13(3)9-12(2)10-15(17)24)22(30)31(16)19(20(28)32)23(25,26)27/h9-10,14,19,22H,4-8,11H2,1-3H3,(H2,28,32). The van der Waals surface area contributed by atoms with Crippen molar-refractivity contribution in [2.45, 2.75) is 58.5 Å². The van der Waals surface area contributed by atoms with Crippen molar-refractivity contribution in [2.75, 3.05) is 24.6 Å². The molecule has 2 atom stereocenters. The Morgan fingerprint density at radius 1 is 1.21 bits per heavy atom. The third-order valence-electron chi connectivity index (χ3n) is 6.48. The lowest BCUT2D eigenvalue weighted by molar-refractivity contribution is -0.189. The molecule has 2 unspecified atom stereocenters. The third-order valence-corrected chi connectivity index (χ3v) is 6.77. The van der Waals surface area contributed by atoms with Crippen molar-refractivity contribution in [3.05, 3.63) is 39.7 Å². The van der Waals surface area contributed by atoms with Gasteiger partial charge in [0, 0.05) is 18.8 Å². The first-order valence-electron chi connectivity index (χ1n) is 11.3. The van der Waals surface area contributed by atoms with Crippen LogP contribution in [0.5, 0.6) is 0 Å². The number of fused-ring (bicyclic) bond motifs is 1. The number of benzene rings is 1. The predicted molar refractivity (Wildman–Crippen MR) is 121 cm³/mol. The first-order chi connectivity index (χ1) is 16.0. The van der Waals surface area contributed by atoms with Gasteiger partial charge >= 0.3 is 12.1 Å². The van der Waals surface area contributed by atoms with Crippen LogP contribution < -0.4 is 10.6 Å². The Balaban J connectivity index is 1.83. The number of ether oxygens (including phenoxy) is 1. The minimum absolute atomic E-state index is 0.0482. The Labute approximate surface area is 201 Å². The van der Waals surface area contributed by atoms with E-state index in [4.69, 9.17) is 22.1 Å². The molecular formula is C23H28ClF3N4O3. The Kier molecular flexibility index (Phi) is 6.39. The summed E-state index contributed by atoms with van der Waals surface area (Å²) in [5.74, 6) is -1.93. The van der Waals surface area contributed by atoms with Crippen LogP contribution in [-0.4, -0.2) is 59.9 Å². The lowest BCUT2D eigenvalue weighted by Crippen LogP contribution is -2.60. The van der Waals surface area contributed by atoms with Crippen LogP contribution in [0.1, 0.15) is 37.3 Å². The molecule has 34 heavy (non-hydrogen) atoms. The number of carbonyl (C=O) groups is 2. The number of rotatable bonds is 7. The van der Waals surface area contributed by atoms with E-state index in [9.17, 15) is 22.8 Å². The highest BCUT2D eigenvalue weighted by molar-refractivity contribution is 6.33. The molecule has 1 aromatic carbocycles. The number of aryl methyl sites for hydroxylation is 2. The molecule has 0 aromatic heterocycles. The molecular weight excluding hydrogens is 473 g/mol. The smallest absolute Gasteiger partial charge is 0.417 e. The van der Waals surface area contributed by atoms with E-state index in [0.717, 1.165) is 28.9 Å². The van der Waals surface area contributed by atoms with Gasteiger partial charge in [-0.25, -0.2) is 4.79 Å². The summed E-state index contributed by atoms with van der Waals surface area (Å²) in [5.41, 5.74) is 7.66. The van der Waals surface area contributed by atoms with Gasteiger partial charge in [-0.15, -0.1) is 0 Å². The van der Waals surface area contributed by atoms with Crippen molar-refractivity contribution in [1.29, 1.82) is 0 Å². The summed E-state index contributed by atoms with van der Waals surface area (Å²) in [6.45, 7) is 6.11. The summed E-state index contributed by atoms with van der Waals surface area (Å²) in [4.78, 5) is 29.5. The molecule has 2 fully saturated rings. The lowest BCUT2D eigenvalue weighted by Gasteiger charge is -2.40. The van der Waals surface area contributed by atoms with Gasteiger partial charge in [0.15, 0.2) is 6.29 Å². The van der Waals surface area contributed by atoms with Crippen molar-refractivity contribution < 1.29 is 27.5 Å². The number of hydrogen-bond donors (Lipinski definition) is 1. The van der Waals surface area contributed by atoms with Gasteiger partial charge in [-0.1, -0.05) is 24.6 Å². The number of esters is 1. The average Bonchev–Trinajstić information content (AvgIpc) is 3.37. The molecule has 1 aliphatic carbocycles. The van der Waals surface area contributed by atoms with Gasteiger partial charge in [-0.2, -0.15) is 13.2 Å². The zero-order chi connectivity index (χ0) is 24.9. The SMILES string of the molecule is CCC1=C(C(=O)OCC2CC2)N2CCN(c3c(C)cc(C)cc3Cl)C2N1C(C(N)=O)C(F)(F)F. The number of anilines is 1. The average molecular weight is 501 g/mol. The largest absolute Gasteiger partial charge is 0.461 e. The van der Waals surface area contributed by atoms with Gasteiger partial charge in [0.25, 0.3) is 0 Å². The number of nitrogens with zero attached hydrogens (tertiary/aromatic N) is 3. The van der Waals surface area contributed by atoms with E-state index >= 15 is 0 Å². The maximum absolute atomic E-state index is 14.2. The minimum Gasteiger partial charge on any atom is -0.461 e. The quantitative estimate of drug-likeness (QED) is 0.576. The maximum Gasteiger partial charge on any atom is 0.417 e. The summed E-state index contributed by atoms with van der Waals surface area (Å²) in [7, 11) is 0. The highest BCUT2D eigenvalue weighted by atomic mass is 35.5. The van der Waals surface area contributed by atoms with E-state index < -0.39 is 30.4 Å². The fourth-order valence-electron chi connectivity index (χ4n) is 4.95. The van der Waals surface area contributed by atoms with Crippen LogP contribution in [0.4, 0.5) is 18.9 Å². The van der Waals surface area contributed by atoms with Crippen molar-refractivity contribution in [3.8, 4) is 0 Å². The van der Waals surface area contributed by atoms with Crippen molar-refractivity contribution in [3.63, 3.8) is 0 Å². The second-order valence-electron chi connectivity index (χ2n) is 9.09. The molecule has 1 saturated carbocycles. The highest BCUT2D eigenvalue weighted by Gasteiger charge is 2.58. The van der Waals surface area contributed by atoms with Gasteiger partial charge in [-0.3, -0.25) is 4.79 Å². The molecule has 0 spiro atoms. The number of amides is 1. The summed E-state index contributed by atoms with van der Waals surface area (Å²) >= 11 is 6.55. The Bertz CT molecular complexity index is 1020. The van der Waals surface area contributed by atoms with Gasteiger partial charge in [0.2, 0.25) is 11.9 Å². The maximum atomic E-state index is 14.2. The summed E-state index contributed by atoms with van der Waals surface area (Å²) in [5, 5.41) is 0.379. The molecule has 2 aliphatic heterocycles. The van der Waals surface area contributed by atoms with E-state index in [2.05, 4.69) is 0 Å². The molecule has 0 bridgehead atoms. The second-order valence-corrected chi connectivity index (χ2v) is 9.50. The number of hydrogen-bond acceptors (Lipinski definition) is 6. The van der Waals surface area contributed by atoms with Crippen LogP contribution in [0.15, 0.2) is 23.5 Å². The van der Waals surface area contributed by atoms with Crippen LogP contribution in [0.25, 0.3) is 0 Å². The number of allylic oxidation sites excluding steroid dienone is 1. The van der Waals surface area contributed by atoms with E-state index in [0.29, 0.717) is 23.2 Å². The molecule has 1 amide bonds. The molecule has 2 heterocycles. The van der Waals surface area contributed by atoms with Crippen LogP contribution in [-0.2, 0) is 14.3 Å². The topological polar surface area (TPSA) is 79.1 Å². The number of nitrogens with two attached hydrogens (primary N) is 1. The Hall–Kier alpha value is -2.62. The summed E-state index contributed by atoms with van der Waals surface area (Å²) < 4.78 is 48.0. The second kappa shape index (κ2) is 8.87. The molecule has 0 radical (unpaired) electrons. The lowest BCUT2D eigenvalue weighted by atomic mass is 10.1. The monoisotopic (exact) mass is 500 g/mol. The number of halogens is 4. The van der Waals surface area contributed by atoms with Gasteiger partial charge in [0.05, 0.1) is 17.3 Å². The highest BCUT2D eigenvalue weighted by Crippen LogP contribution is 2.45. The summed E-state index contributed by atoms with van der Waals surface area (Å²) in [6.07, 6.45) is -4.05. The fourth-order valence-corrected chi connectivity index (χ4v) is 5.38. The zero-order valence-corrected chi connectivity index (χ0v) is 20.0. The molecule has 7 nitrogen and oxygen atoms in total. The van der Waals surface area contributed by atoms with Crippen LogP contribution in [0.3, 0.4) is 0 Å². The van der Waals surface area contributed by atoms with Crippen molar-refractivity contribution in [1.82, 2.24) is 9.80 Å². The van der Waals surface area contributed by atoms with E-state index in [1.165, 1.54) is 0 Å².